The van der Waals surface area contributed by atoms with Crippen molar-refractivity contribution in [2.75, 3.05) is 5.43 Å². The van der Waals surface area contributed by atoms with Crippen LogP contribution in [0.5, 0.6) is 0 Å². The van der Waals surface area contributed by atoms with Gasteiger partial charge in [-0.15, -0.1) is 0 Å². The Balaban J connectivity index is 1.73. The van der Waals surface area contributed by atoms with Gasteiger partial charge in [-0.3, -0.25) is 20.3 Å². The maximum Gasteiger partial charge on any atom is 0.271 e. The molecule has 8 nitrogen and oxygen atoms in total. The number of carbonyl (C=O) groups is 1. The molecule has 0 spiro atoms. The topological polar surface area (TPSA) is 105 Å². The van der Waals surface area contributed by atoms with E-state index in [0.29, 0.717) is 22.4 Å². The van der Waals surface area contributed by atoms with Crippen LogP contribution in [-0.2, 0) is 11.8 Å². The van der Waals surface area contributed by atoms with Gasteiger partial charge >= 0.3 is 0 Å². The van der Waals surface area contributed by atoms with Gasteiger partial charge in [-0.25, -0.2) is 9.97 Å². The molecule has 8 heteroatoms. The van der Waals surface area contributed by atoms with Crippen LogP contribution in [0.15, 0.2) is 42.9 Å². The molecule has 0 aliphatic rings. The average Bonchev–Trinajstić information content (AvgIpc) is 2.95. The molecule has 0 saturated heterocycles. The number of carbonyl (C=O) groups excluding carboxylic acids is 1. The standard InChI is InChI=1S/C14H14N6O2/c1-20-13-10(7-17-20)12(15-8-16-13)18-19-14(22)11(21)9-5-3-2-4-6-9/h2-8,11,21H,1H3,(H,19,22)(H,15,16,18). The molecular weight excluding hydrogens is 284 g/mol. The van der Waals surface area contributed by atoms with Crippen molar-refractivity contribution in [3.05, 3.63) is 48.4 Å². The lowest BCUT2D eigenvalue weighted by Crippen LogP contribution is -2.34. The summed E-state index contributed by atoms with van der Waals surface area (Å²) in [5.41, 5.74) is 6.26. The molecule has 0 bridgehead atoms. The van der Waals surface area contributed by atoms with Gasteiger partial charge in [0.15, 0.2) is 17.6 Å². The van der Waals surface area contributed by atoms with Gasteiger partial charge in [0, 0.05) is 7.05 Å². The van der Waals surface area contributed by atoms with E-state index in [2.05, 4.69) is 25.9 Å². The lowest BCUT2D eigenvalue weighted by atomic mass is 10.1. The van der Waals surface area contributed by atoms with E-state index in [1.807, 2.05) is 6.07 Å². The van der Waals surface area contributed by atoms with Crippen LogP contribution in [0.4, 0.5) is 5.82 Å². The molecule has 0 aliphatic carbocycles. The minimum atomic E-state index is -1.26. The van der Waals surface area contributed by atoms with Gasteiger partial charge in [0.25, 0.3) is 5.91 Å². The first-order chi connectivity index (χ1) is 10.7. The van der Waals surface area contributed by atoms with Crippen LogP contribution in [-0.4, -0.2) is 30.8 Å². The Kier molecular flexibility index (Phi) is 3.67. The fourth-order valence-corrected chi connectivity index (χ4v) is 2.04. The van der Waals surface area contributed by atoms with Crippen LogP contribution < -0.4 is 10.9 Å². The largest absolute Gasteiger partial charge is 0.378 e. The van der Waals surface area contributed by atoms with E-state index >= 15 is 0 Å². The quantitative estimate of drug-likeness (QED) is 0.607. The smallest absolute Gasteiger partial charge is 0.271 e. The minimum Gasteiger partial charge on any atom is -0.378 e. The number of rotatable bonds is 4. The maximum absolute atomic E-state index is 12.0. The number of hydrazine groups is 1. The van der Waals surface area contributed by atoms with Crippen molar-refractivity contribution in [1.82, 2.24) is 25.2 Å². The average molecular weight is 298 g/mol. The van der Waals surface area contributed by atoms with Gasteiger partial charge in [0.1, 0.15) is 6.33 Å². The summed E-state index contributed by atoms with van der Waals surface area (Å²) in [6.07, 6.45) is 1.70. The molecule has 3 rings (SSSR count). The Labute approximate surface area is 125 Å². The molecule has 0 radical (unpaired) electrons. The molecule has 0 saturated carbocycles. The number of hydrogen-bond donors (Lipinski definition) is 3. The molecule has 0 fully saturated rings. The van der Waals surface area contributed by atoms with Crippen molar-refractivity contribution in [1.29, 1.82) is 0 Å². The number of aryl methyl sites for hydroxylation is 1. The number of nitrogens with zero attached hydrogens (tertiary/aromatic N) is 4. The van der Waals surface area contributed by atoms with E-state index in [0.717, 1.165) is 0 Å². The van der Waals surface area contributed by atoms with Gasteiger partial charge < -0.3 is 5.11 Å². The Bertz CT molecular complexity index is 801. The van der Waals surface area contributed by atoms with E-state index in [1.165, 1.54) is 6.33 Å². The second-order valence-electron chi connectivity index (χ2n) is 4.66. The minimum absolute atomic E-state index is 0.409. The molecule has 1 atom stereocenters. The van der Waals surface area contributed by atoms with Crippen molar-refractivity contribution in [3.63, 3.8) is 0 Å². The maximum atomic E-state index is 12.0. The number of aliphatic hydroxyl groups is 1. The lowest BCUT2D eigenvalue weighted by molar-refractivity contribution is -0.129. The van der Waals surface area contributed by atoms with Crippen molar-refractivity contribution < 1.29 is 9.90 Å². The predicted octanol–water partition coefficient (Wildman–Crippen LogP) is 0.540. The zero-order chi connectivity index (χ0) is 15.5. The van der Waals surface area contributed by atoms with Gasteiger partial charge in [0.05, 0.1) is 11.6 Å². The van der Waals surface area contributed by atoms with Crippen molar-refractivity contribution in [2.45, 2.75) is 6.10 Å². The van der Waals surface area contributed by atoms with E-state index < -0.39 is 12.0 Å². The number of benzene rings is 1. The molecule has 0 aliphatic heterocycles. The summed E-state index contributed by atoms with van der Waals surface area (Å²) in [5.74, 6) is -0.173. The fourth-order valence-electron chi connectivity index (χ4n) is 2.04. The summed E-state index contributed by atoms with van der Waals surface area (Å²) in [7, 11) is 1.76. The van der Waals surface area contributed by atoms with E-state index in [9.17, 15) is 9.90 Å². The Hall–Kier alpha value is -3.00. The summed E-state index contributed by atoms with van der Waals surface area (Å²) >= 11 is 0. The Morgan fingerprint density at radius 3 is 2.82 bits per heavy atom. The van der Waals surface area contributed by atoms with Gasteiger partial charge in [0.2, 0.25) is 0 Å². The van der Waals surface area contributed by atoms with Crippen LogP contribution in [0, 0.1) is 0 Å². The number of amides is 1. The highest BCUT2D eigenvalue weighted by molar-refractivity contribution is 5.88. The third-order valence-corrected chi connectivity index (χ3v) is 3.20. The summed E-state index contributed by atoms with van der Waals surface area (Å²) in [4.78, 5) is 20.1. The second-order valence-corrected chi connectivity index (χ2v) is 4.66. The molecule has 1 amide bonds. The summed E-state index contributed by atoms with van der Waals surface area (Å²) in [5, 5.41) is 14.7. The first kappa shape index (κ1) is 14.0. The van der Waals surface area contributed by atoms with Gasteiger partial charge in [-0.05, 0) is 5.56 Å². The van der Waals surface area contributed by atoms with Crippen LogP contribution >= 0.6 is 0 Å². The summed E-state index contributed by atoms with van der Waals surface area (Å²) < 4.78 is 1.60. The summed E-state index contributed by atoms with van der Waals surface area (Å²) in [6.45, 7) is 0. The van der Waals surface area contributed by atoms with Crippen molar-refractivity contribution >= 4 is 22.8 Å². The molecular formula is C14H14N6O2. The normalized spacial score (nSPS) is 12.1. The highest BCUT2D eigenvalue weighted by Gasteiger charge is 2.17. The third kappa shape index (κ3) is 2.59. The Morgan fingerprint density at radius 2 is 2.05 bits per heavy atom. The molecule has 2 aromatic heterocycles. The van der Waals surface area contributed by atoms with Crippen molar-refractivity contribution in [2.24, 2.45) is 7.05 Å². The number of aromatic nitrogens is 4. The Morgan fingerprint density at radius 1 is 1.27 bits per heavy atom. The first-order valence-electron chi connectivity index (χ1n) is 6.58. The molecule has 3 aromatic rings. The lowest BCUT2D eigenvalue weighted by Gasteiger charge is -2.13. The number of hydrogen-bond acceptors (Lipinski definition) is 6. The van der Waals surface area contributed by atoms with Crippen LogP contribution in [0.2, 0.25) is 0 Å². The number of fused-ring (bicyclic) bond motifs is 1. The van der Waals surface area contributed by atoms with Crippen LogP contribution in [0.1, 0.15) is 11.7 Å². The fraction of sp³-hybridized carbons (Fsp3) is 0.143. The monoisotopic (exact) mass is 298 g/mol. The molecule has 1 aromatic carbocycles. The molecule has 1 unspecified atom stereocenters. The zero-order valence-electron chi connectivity index (χ0n) is 11.8. The molecule has 112 valence electrons. The molecule has 22 heavy (non-hydrogen) atoms. The molecule has 2 heterocycles. The van der Waals surface area contributed by atoms with E-state index in [-0.39, 0.29) is 0 Å². The molecule has 3 N–H and O–H groups in total. The van der Waals surface area contributed by atoms with E-state index in [1.54, 1.807) is 42.2 Å². The summed E-state index contributed by atoms with van der Waals surface area (Å²) in [6, 6.07) is 8.67. The zero-order valence-corrected chi connectivity index (χ0v) is 11.8. The number of anilines is 1. The van der Waals surface area contributed by atoms with Crippen LogP contribution in [0.3, 0.4) is 0 Å². The number of nitrogens with one attached hydrogen (secondary N) is 2. The predicted molar refractivity (Wildman–Crippen MR) is 79.5 cm³/mol. The SMILES string of the molecule is Cn1ncc2c(NNC(=O)C(O)c3ccccc3)ncnc21. The first-order valence-corrected chi connectivity index (χ1v) is 6.58. The van der Waals surface area contributed by atoms with Gasteiger partial charge in [-0.2, -0.15) is 5.10 Å². The van der Waals surface area contributed by atoms with Crippen LogP contribution in [0.25, 0.3) is 11.0 Å². The highest BCUT2D eigenvalue weighted by Crippen LogP contribution is 2.17. The second kappa shape index (κ2) is 5.78. The highest BCUT2D eigenvalue weighted by atomic mass is 16.3. The van der Waals surface area contributed by atoms with E-state index in [4.69, 9.17) is 0 Å². The van der Waals surface area contributed by atoms with Crippen molar-refractivity contribution in [3.8, 4) is 0 Å². The number of aliphatic hydroxyl groups excluding tert-OH is 1. The van der Waals surface area contributed by atoms with Gasteiger partial charge in [-0.1, -0.05) is 30.3 Å². The third-order valence-electron chi connectivity index (χ3n) is 3.20.